The van der Waals surface area contributed by atoms with Crippen LogP contribution in [0.5, 0.6) is 0 Å². The van der Waals surface area contributed by atoms with Gasteiger partial charge in [-0.15, -0.1) is 0 Å². The molecular weight excluding hydrogens is 164 g/mol. The van der Waals surface area contributed by atoms with Gasteiger partial charge in [0.05, 0.1) is 0 Å². The van der Waals surface area contributed by atoms with Crippen LogP contribution in [-0.4, -0.2) is 11.0 Å². The van der Waals surface area contributed by atoms with Crippen LogP contribution in [0.1, 0.15) is 39.5 Å². The lowest BCUT2D eigenvalue weighted by atomic mass is 9.76. The molecule has 3 heteroatoms. The molecule has 1 rings (SSSR count). The largest absolute Gasteiger partial charge is 0.409 e. The summed E-state index contributed by atoms with van der Waals surface area (Å²) < 4.78 is 0. The van der Waals surface area contributed by atoms with Crippen molar-refractivity contribution in [3.8, 4) is 0 Å². The number of hydrogen-bond acceptors (Lipinski definition) is 2. The summed E-state index contributed by atoms with van der Waals surface area (Å²) in [5.74, 6) is 2.35. The molecule has 0 heterocycles. The van der Waals surface area contributed by atoms with E-state index < -0.39 is 0 Å². The second-order valence-electron chi connectivity index (χ2n) is 4.38. The van der Waals surface area contributed by atoms with Gasteiger partial charge >= 0.3 is 0 Å². The maximum atomic E-state index is 8.53. The lowest BCUT2D eigenvalue weighted by Crippen LogP contribution is -2.29. The van der Waals surface area contributed by atoms with Crippen LogP contribution in [0.2, 0.25) is 0 Å². The summed E-state index contributed by atoms with van der Waals surface area (Å²) in [6.07, 6.45) is 4.61. The number of hydrogen-bond donors (Lipinski definition) is 2. The van der Waals surface area contributed by atoms with E-state index >= 15 is 0 Å². The van der Waals surface area contributed by atoms with Gasteiger partial charge in [0.2, 0.25) is 0 Å². The highest BCUT2D eigenvalue weighted by Gasteiger charge is 2.25. The first-order valence-electron chi connectivity index (χ1n) is 5.12. The molecule has 0 amide bonds. The first-order valence-corrected chi connectivity index (χ1v) is 5.12. The molecule has 0 saturated heterocycles. The summed E-state index contributed by atoms with van der Waals surface area (Å²) in [5.41, 5.74) is 5.57. The zero-order valence-electron chi connectivity index (χ0n) is 8.53. The molecule has 0 unspecified atom stereocenters. The fourth-order valence-electron chi connectivity index (χ4n) is 2.16. The fourth-order valence-corrected chi connectivity index (χ4v) is 2.16. The second kappa shape index (κ2) is 4.49. The molecule has 0 aromatic rings. The first-order chi connectivity index (χ1) is 6.15. The molecule has 13 heavy (non-hydrogen) atoms. The van der Waals surface area contributed by atoms with Gasteiger partial charge in [0, 0.05) is 5.92 Å². The molecule has 0 aliphatic heterocycles. The van der Waals surface area contributed by atoms with Gasteiger partial charge < -0.3 is 10.9 Å². The molecule has 0 radical (unpaired) electrons. The summed E-state index contributed by atoms with van der Waals surface area (Å²) in [4.78, 5) is 0. The van der Waals surface area contributed by atoms with E-state index in [4.69, 9.17) is 10.9 Å². The maximum absolute atomic E-state index is 8.53. The molecule has 0 bridgehead atoms. The van der Waals surface area contributed by atoms with Gasteiger partial charge in [-0.3, -0.25) is 0 Å². The van der Waals surface area contributed by atoms with Crippen LogP contribution in [0.15, 0.2) is 5.16 Å². The molecule has 3 N–H and O–H groups in total. The monoisotopic (exact) mass is 184 g/mol. The minimum Gasteiger partial charge on any atom is -0.409 e. The Morgan fingerprint density at radius 2 is 1.85 bits per heavy atom. The Kier molecular flexibility index (Phi) is 3.58. The smallest absolute Gasteiger partial charge is 0.142 e. The molecule has 0 aromatic carbocycles. The van der Waals surface area contributed by atoms with Crippen LogP contribution < -0.4 is 5.73 Å². The van der Waals surface area contributed by atoms with E-state index in [-0.39, 0.29) is 0 Å². The van der Waals surface area contributed by atoms with E-state index in [0.29, 0.717) is 11.8 Å². The van der Waals surface area contributed by atoms with Crippen molar-refractivity contribution in [2.45, 2.75) is 39.5 Å². The van der Waals surface area contributed by atoms with Gasteiger partial charge in [-0.25, -0.2) is 0 Å². The third kappa shape index (κ3) is 2.61. The highest BCUT2D eigenvalue weighted by molar-refractivity contribution is 5.82. The lowest BCUT2D eigenvalue weighted by Gasteiger charge is -2.29. The maximum Gasteiger partial charge on any atom is 0.142 e. The van der Waals surface area contributed by atoms with Crippen molar-refractivity contribution in [3.05, 3.63) is 0 Å². The molecule has 1 aliphatic carbocycles. The quantitative estimate of drug-likeness (QED) is 0.299. The van der Waals surface area contributed by atoms with Crippen molar-refractivity contribution >= 4 is 5.84 Å². The van der Waals surface area contributed by atoms with Gasteiger partial charge in [0.25, 0.3) is 0 Å². The molecule has 76 valence electrons. The molecule has 0 spiro atoms. The molecular formula is C10H20N2O. The summed E-state index contributed by atoms with van der Waals surface area (Å²) in [5, 5.41) is 11.6. The van der Waals surface area contributed by atoms with Crippen LogP contribution in [0.25, 0.3) is 0 Å². The highest BCUT2D eigenvalue weighted by Crippen LogP contribution is 2.33. The SMILES string of the molecule is CC(C)C1CCC(/C(N)=N/O)CC1. The van der Waals surface area contributed by atoms with E-state index in [9.17, 15) is 0 Å². The lowest BCUT2D eigenvalue weighted by molar-refractivity contribution is 0.248. The number of oxime groups is 1. The molecule has 0 aromatic heterocycles. The van der Waals surface area contributed by atoms with Crippen molar-refractivity contribution < 1.29 is 5.21 Å². The van der Waals surface area contributed by atoms with Crippen LogP contribution >= 0.6 is 0 Å². The second-order valence-corrected chi connectivity index (χ2v) is 4.38. The van der Waals surface area contributed by atoms with Crippen LogP contribution in [0, 0.1) is 17.8 Å². The number of rotatable bonds is 2. The number of nitrogens with two attached hydrogens (primary N) is 1. The summed E-state index contributed by atoms with van der Waals surface area (Å²) in [6.45, 7) is 4.54. The standard InChI is InChI=1S/C10H20N2O/c1-7(2)8-3-5-9(6-4-8)10(11)12-13/h7-9,13H,3-6H2,1-2H3,(H2,11,12). The minimum atomic E-state index is 0.319. The Bertz CT molecular complexity index is 181. The van der Waals surface area contributed by atoms with Crippen molar-refractivity contribution in [1.29, 1.82) is 0 Å². The zero-order valence-corrected chi connectivity index (χ0v) is 8.53. The average molecular weight is 184 g/mol. The Hall–Kier alpha value is -0.730. The molecule has 3 nitrogen and oxygen atoms in total. The Morgan fingerprint density at radius 3 is 2.23 bits per heavy atom. The van der Waals surface area contributed by atoms with Crippen molar-refractivity contribution in [3.63, 3.8) is 0 Å². The van der Waals surface area contributed by atoms with Crippen LogP contribution in [0.3, 0.4) is 0 Å². The van der Waals surface area contributed by atoms with E-state index in [1.807, 2.05) is 0 Å². The zero-order chi connectivity index (χ0) is 9.84. The van der Waals surface area contributed by atoms with Gasteiger partial charge in [0.1, 0.15) is 5.84 Å². The average Bonchev–Trinajstić information content (AvgIpc) is 2.17. The predicted molar refractivity (Wildman–Crippen MR) is 53.7 cm³/mol. The Labute approximate surface area is 80.0 Å². The van der Waals surface area contributed by atoms with E-state index in [0.717, 1.165) is 24.7 Å². The Morgan fingerprint density at radius 1 is 1.31 bits per heavy atom. The molecule has 1 aliphatic rings. The minimum absolute atomic E-state index is 0.319. The van der Waals surface area contributed by atoms with Crippen molar-refractivity contribution in [2.24, 2.45) is 28.6 Å². The predicted octanol–water partition coefficient (Wildman–Crippen LogP) is 2.20. The normalized spacial score (nSPS) is 30.8. The van der Waals surface area contributed by atoms with Crippen molar-refractivity contribution in [2.75, 3.05) is 0 Å². The summed E-state index contributed by atoms with van der Waals surface area (Å²) in [6, 6.07) is 0. The first kappa shape index (κ1) is 10.4. The van der Waals surface area contributed by atoms with E-state index in [1.54, 1.807) is 0 Å². The van der Waals surface area contributed by atoms with Gasteiger partial charge in [-0.2, -0.15) is 0 Å². The third-order valence-corrected chi connectivity index (χ3v) is 3.25. The van der Waals surface area contributed by atoms with E-state index in [1.165, 1.54) is 12.8 Å². The highest BCUT2D eigenvalue weighted by atomic mass is 16.4. The van der Waals surface area contributed by atoms with Gasteiger partial charge in [-0.05, 0) is 37.5 Å². The van der Waals surface area contributed by atoms with E-state index in [2.05, 4.69) is 19.0 Å². The number of amidine groups is 1. The molecule has 1 saturated carbocycles. The number of nitrogens with zero attached hydrogens (tertiary/aromatic N) is 1. The fraction of sp³-hybridized carbons (Fsp3) is 0.900. The van der Waals surface area contributed by atoms with Gasteiger partial charge in [-0.1, -0.05) is 19.0 Å². The van der Waals surface area contributed by atoms with Crippen LogP contribution in [0.4, 0.5) is 0 Å². The topological polar surface area (TPSA) is 58.6 Å². The molecule has 1 fully saturated rings. The molecule has 0 atom stereocenters. The summed E-state index contributed by atoms with van der Waals surface area (Å²) in [7, 11) is 0. The third-order valence-electron chi connectivity index (χ3n) is 3.25. The Balaban J connectivity index is 2.39. The van der Waals surface area contributed by atoms with Crippen molar-refractivity contribution in [1.82, 2.24) is 0 Å². The summed E-state index contributed by atoms with van der Waals surface area (Å²) >= 11 is 0. The van der Waals surface area contributed by atoms with Crippen LogP contribution in [-0.2, 0) is 0 Å². The van der Waals surface area contributed by atoms with Gasteiger partial charge in [0.15, 0.2) is 0 Å².